The fraction of sp³-hybridized carbons (Fsp3) is 0.0833. The van der Waals surface area contributed by atoms with Gasteiger partial charge in [0.1, 0.15) is 5.75 Å². The van der Waals surface area contributed by atoms with Gasteiger partial charge in [-0.05, 0) is 72.0 Å². The van der Waals surface area contributed by atoms with Crippen LogP contribution in [0.15, 0.2) is 92.8 Å². The Morgan fingerprint density at radius 2 is 1.42 bits per heavy atom. The van der Waals surface area contributed by atoms with Crippen LogP contribution in [0.5, 0.6) is 5.75 Å². The van der Waals surface area contributed by atoms with Crippen LogP contribution in [0.3, 0.4) is 0 Å². The van der Waals surface area contributed by atoms with Crippen LogP contribution >= 0.6 is 0 Å². The highest BCUT2D eigenvalue weighted by molar-refractivity contribution is 7.86. The molecule has 0 aromatic heterocycles. The predicted molar refractivity (Wildman–Crippen MR) is 135 cm³/mol. The second kappa shape index (κ2) is 9.66. The standard InChI is InChI=1S/C24H21N3O7S2/c1-2-34-23-14-21(22-13-19(36(31,32)33)10-11-20(22)24(23)25)15-6-8-16(9-7-15)26-27-17-4-3-5-18(12-17)35(28,29)30/h3-14H,2,25H2,1H3,(H,28,29,30)(H,31,32,33)/b27-26+. The van der Waals surface area contributed by atoms with Gasteiger partial charge >= 0.3 is 0 Å². The molecule has 186 valence electrons. The number of nitrogen functional groups attached to an aromatic ring is 1. The van der Waals surface area contributed by atoms with Crippen LogP contribution in [0, 0.1) is 0 Å². The zero-order chi connectivity index (χ0) is 26.1. The molecule has 0 amide bonds. The second-order valence-electron chi connectivity index (χ2n) is 7.67. The molecule has 36 heavy (non-hydrogen) atoms. The summed E-state index contributed by atoms with van der Waals surface area (Å²) < 4.78 is 70.4. The number of anilines is 1. The molecule has 10 nitrogen and oxygen atoms in total. The van der Waals surface area contributed by atoms with Crippen molar-refractivity contribution in [2.45, 2.75) is 16.7 Å². The van der Waals surface area contributed by atoms with Gasteiger partial charge in [-0.3, -0.25) is 9.11 Å². The van der Waals surface area contributed by atoms with Crippen molar-refractivity contribution >= 4 is 48.1 Å². The fourth-order valence-electron chi connectivity index (χ4n) is 3.60. The minimum absolute atomic E-state index is 0.234. The first-order valence-corrected chi connectivity index (χ1v) is 13.4. The van der Waals surface area contributed by atoms with Crippen LogP contribution in [-0.4, -0.2) is 32.5 Å². The molecular weight excluding hydrogens is 506 g/mol. The largest absolute Gasteiger partial charge is 0.492 e. The van der Waals surface area contributed by atoms with Gasteiger partial charge in [-0.15, -0.1) is 0 Å². The molecule has 4 rings (SSSR count). The van der Waals surface area contributed by atoms with Crippen molar-refractivity contribution in [3.05, 3.63) is 72.8 Å². The van der Waals surface area contributed by atoms with Crippen molar-refractivity contribution < 1.29 is 30.7 Å². The Labute approximate surface area is 207 Å². The van der Waals surface area contributed by atoms with E-state index in [4.69, 9.17) is 10.5 Å². The van der Waals surface area contributed by atoms with E-state index in [1.165, 1.54) is 42.5 Å². The molecule has 0 aliphatic rings. The van der Waals surface area contributed by atoms with Gasteiger partial charge in [0.15, 0.2) is 0 Å². The van der Waals surface area contributed by atoms with Crippen molar-refractivity contribution in [3.8, 4) is 16.9 Å². The summed E-state index contributed by atoms with van der Waals surface area (Å²) >= 11 is 0. The lowest BCUT2D eigenvalue weighted by Crippen LogP contribution is -2.01. The van der Waals surface area contributed by atoms with Gasteiger partial charge in [0.05, 0.1) is 33.5 Å². The summed E-state index contributed by atoms with van der Waals surface area (Å²) in [6.07, 6.45) is 0. The van der Waals surface area contributed by atoms with Crippen molar-refractivity contribution in [2.24, 2.45) is 10.2 Å². The number of ether oxygens (including phenoxy) is 1. The Kier molecular flexibility index (Phi) is 6.78. The van der Waals surface area contributed by atoms with Crippen LogP contribution < -0.4 is 10.5 Å². The van der Waals surface area contributed by atoms with Gasteiger partial charge in [-0.2, -0.15) is 27.1 Å². The summed E-state index contributed by atoms with van der Waals surface area (Å²) in [7, 11) is -8.79. The molecular formula is C24H21N3O7S2. The van der Waals surface area contributed by atoms with Crippen molar-refractivity contribution in [1.82, 2.24) is 0 Å². The number of benzene rings is 4. The van der Waals surface area contributed by atoms with E-state index < -0.39 is 20.2 Å². The Bertz CT molecular complexity index is 1700. The normalized spacial score (nSPS) is 12.3. The number of azo groups is 1. The maximum Gasteiger partial charge on any atom is 0.294 e. The lowest BCUT2D eigenvalue weighted by molar-refractivity contribution is 0.342. The van der Waals surface area contributed by atoms with Gasteiger partial charge in [-0.25, -0.2) is 0 Å². The summed E-state index contributed by atoms with van der Waals surface area (Å²) in [5.41, 5.74) is 8.60. The Morgan fingerprint density at radius 1 is 0.778 bits per heavy atom. The lowest BCUT2D eigenvalue weighted by Gasteiger charge is -2.15. The van der Waals surface area contributed by atoms with Gasteiger partial charge in [0, 0.05) is 5.39 Å². The summed E-state index contributed by atoms with van der Waals surface area (Å²) in [5.74, 6) is 0.432. The highest BCUT2D eigenvalue weighted by Gasteiger charge is 2.17. The SMILES string of the molecule is CCOc1cc(-c2ccc(/N=N/c3cccc(S(=O)(=O)O)c3)cc2)c2cc(S(=O)(=O)O)ccc2c1N. The van der Waals surface area contributed by atoms with Crippen LogP contribution in [0.2, 0.25) is 0 Å². The molecule has 4 aromatic rings. The Hall–Kier alpha value is -3.84. The van der Waals surface area contributed by atoms with Gasteiger partial charge in [-0.1, -0.05) is 24.3 Å². The molecule has 0 aliphatic carbocycles. The zero-order valence-corrected chi connectivity index (χ0v) is 20.5. The molecule has 0 bridgehead atoms. The molecule has 0 unspecified atom stereocenters. The first-order chi connectivity index (χ1) is 17.0. The molecule has 0 aliphatic heterocycles. The van der Waals surface area contributed by atoms with E-state index in [1.807, 2.05) is 6.92 Å². The number of hydrogen-bond donors (Lipinski definition) is 3. The molecule has 0 radical (unpaired) electrons. The van der Waals surface area contributed by atoms with Crippen LogP contribution in [0.25, 0.3) is 21.9 Å². The average Bonchev–Trinajstić information content (AvgIpc) is 2.84. The summed E-state index contributed by atoms with van der Waals surface area (Å²) in [4.78, 5) is -0.559. The summed E-state index contributed by atoms with van der Waals surface area (Å²) in [6, 6.07) is 18.1. The molecule has 4 N–H and O–H groups in total. The topological polar surface area (TPSA) is 169 Å². The predicted octanol–water partition coefficient (Wildman–Crippen LogP) is 5.40. The first kappa shape index (κ1) is 25.3. The molecule has 0 saturated heterocycles. The average molecular weight is 528 g/mol. The monoisotopic (exact) mass is 527 g/mol. The third-order valence-electron chi connectivity index (χ3n) is 5.28. The van der Waals surface area contributed by atoms with Crippen LogP contribution in [0.4, 0.5) is 17.1 Å². The minimum Gasteiger partial charge on any atom is -0.492 e. The Morgan fingerprint density at radius 3 is 2.06 bits per heavy atom. The second-order valence-corrected chi connectivity index (χ2v) is 10.5. The number of hydrogen-bond acceptors (Lipinski definition) is 8. The molecule has 0 saturated carbocycles. The third-order valence-corrected chi connectivity index (χ3v) is 6.98. The summed E-state index contributed by atoms with van der Waals surface area (Å²) in [6.45, 7) is 2.19. The molecule has 0 heterocycles. The van der Waals surface area contributed by atoms with E-state index in [1.54, 1.807) is 30.3 Å². The third kappa shape index (κ3) is 5.36. The van der Waals surface area contributed by atoms with E-state index in [2.05, 4.69) is 10.2 Å². The van der Waals surface area contributed by atoms with Gasteiger partial charge in [0.25, 0.3) is 20.2 Å². The van der Waals surface area contributed by atoms with Crippen molar-refractivity contribution in [1.29, 1.82) is 0 Å². The number of rotatable bonds is 7. The lowest BCUT2D eigenvalue weighted by atomic mass is 9.96. The first-order valence-electron chi connectivity index (χ1n) is 10.5. The van der Waals surface area contributed by atoms with E-state index in [9.17, 15) is 25.9 Å². The molecule has 12 heteroatoms. The number of fused-ring (bicyclic) bond motifs is 1. The quantitative estimate of drug-likeness (QED) is 0.163. The number of nitrogens with zero attached hydrogens (tertiary/aromatic N) is 2. The van der Waals surface area contributed by atoms with Crippen LogP contribution in [0.1, 0.15) is 6.92 Å². The summed E-state index contributed by atoms with van der Waals surface area (Å²) in [5, 5.41) is 9.17. The van der Waals surface area contributed by atoms with Gasteiger partial charge in [0.2, 0.25) is 0 Å². The highest BCUT2D eigenvalue weighted by atomic mass is 32.2. The van der Waals surface area contributed by atoms with Crippen LogP contribution in [-0.2, 0) is 20.2 Å². The van der Waals surface area contributed by atoms with E-state index >= 15 is 0 Å². The van der Waals surface area contributed by atoms with E-state index in [0.29, 0.717) is 45.6 Å². The Balaban J connectivity index is 1.75. The highest BCUT2D eigenvalue weighted by Crippen LogP contribution is 2.40. The van der Waals surface area contributed by atoms with Crippen molar-refractivity contribution in [3.63, 3.8) is 0 Å². The molecule has 0 spiro atoms. The molecule has 0 atom stereocenters. The smallest absolute Gasteiger partial charge is 0.294 e. The fourth-order valence-corrected chi connectivity index (χ4v) is 4.63. The minimum atomic E-state index is -4.43. The maximum atomic E-state index is 11.7. The van der Waals surface area contributed by atoms with Crippen molar-refractivity contribution in [2.75, 3.05) is 12.3 Å². The van der Waals surface area contributed by atoms with E-state index in [0.717, 1.165) is 0 Å². The molecule has 4 aromatic carbocycles. The van der Waals surface area contributed by atoms with E-state index in [-0.39, 0.29) is 15.5 Å². The van der Waals surface area contributed by atoms with Gasteiger partial charge < -0.3 is 10.5 Å². The molecule has 0 fully saturated rings. The zero-order valence-electron chi connectivity index (χ0n) is 18.9. The maximum absolute atomic E-state index is 11.7. The number of nitrogens with two attached hydrogens (primary N) is 1.